The van der Waals surface area contributed by atoms with E-state index in [0.717, 1.165) is 30.1 Å². The summed E-state index contributed by atoms with van der Waals surface area (Å²) in [7, 11) is 0. The molecule has 1 aliphatic heterocycles. The lowest BCUT2D eigenvalue weighted by Crippen LogP contribution is -1.97. The average Bonchev–Trinajstić information content (AvgIpc) is 2.50. The monoisotopic (exact) mass is 266 g/mol. The molecule has 0 bridgehead atoms. The lowest BCUT2D eigenvalue weighted by atomic mass is 10.2. The van der Waals surface area contributed by atoms with Crippen LogP contribution in [-0.2, 0) is 0 Å². The second-order valence-corrected chi connectivity index (χ2v) is 3.71. The molecule has 0 spiro atoms. The Morgan fingerprint density at radius 3 is 2.80 bits per heavy atom. The third-order valence-corrected chi connectivity index (χ3v) is 2.33. The van der Waals surface area contributed by atoms with Crippen molar-refractivity contribution in [2.75, 3.05) is 18.5 Å². The molecule has 2 nitrogen and oxygen atoms in total. The third-order valence-electron chi connectivity index (χ3n) is 2.05. The quantitative estimate of drug-likeness (QED) is 0.531. The fraction of sp³-hybridized carbons (Fsp3) is 0.333. The summed E-state index contributed by atoms with van der Waals surface area (Å²) >= 11 is 3.26. The van der Waals surface area contributed by atoms with Gasteiger partial charge in [-0.25, -0.2) is 0 Å². The predicted molar refractivity (Wildman–Crippen MR) is 62.7 cm³/mol. The predicted octanol–water partition coefficient (Wildman–Crippen LogP) is 2.59. The molecule has 0 amide bonds. The smallest absolute Gasteiger partial charge is 0.162 e. The molecule has 0 unspecified atom stereocenters. The van der Waals surface area contributed by atoms with Crippen LogP contribution in [0.15, 0.2) is 18.2 Å². The van der Waals surface area contributed by atoms with Gasteiger partial charge in [-0.3, -0.25) is 0 Å². The van der Waals surface area contributed by atoms with E-state index in [1.807, 2.05) is 18.2 Å². The molecule has 0 N–H and O–H groups in total. The molecule has 1 aromatic carbocycles. The zero-order valence-corrected chi connectivity index (χ0v) is 9.84. The maximum Gasteiger partial charge on any atom is 0.162 e. The summed E-state index contributed by atoms with van der Waals surface area (Å²) in [5.41, 5.74) is 0.957. The normalized spacial score (nSPS) is 13.7. The highest BCUT2D eigenvalue weighted by Crippen LogP contribution is 2.29. The van der Waals surface area contributed by atoms with Crippen molar-refractivity contribution in [3.63, 3.8) is 0 Å². The number of ether oxygens (including phenoxy) is 2. The Kier molecular flexibility index (Phi) is 3.52. The molecule has 0 saturated carbocycles. The molecule has 1 aromatic rings. The molecule has 3 heteroatoms. The molecule has 0 aliphatic carbocycles. The van der Waals surface area contributed by atoms with Gasteiger partial charge < -0.3 is 9.47 Å². The van der Waals surface area contributed by atoms with Crippen LogP contribution in [0, 0.1) is 11.8 Å². The fourth-order valence-corrected chi connectivity index (χ4v) is 1.52. The van der Waals surface area contributed by atoms with Crippen molar-refractivity contribution in [3.05, 3.63) is 23.8 Å². The van der Waals surface area contributed by atoms with E-state index in [2.05, 4.69) is 27.8 Å². The van der Waals surface area contributed by atoms with E-state index in [4.69, 9.17) is 9.47 Å². The van der Waals surface area contributed by atoms with Crippen LogP contribution in [0.2, 0.25) is 0 Å². The first-order valence-corrected chi connectivity index (χ1v) is 5.97. The number of fused-ring (bicyclic) bond motifs is 1. The standard InChI is InChI=1S/C12H11BrO2/c13-6-1-3-10-4-5-11-12(9-10)15-8-2-7-14-11/h4-5,9H,2,6-8H2. The minimum Gasteiger partial charge on any atom is -0.490 e. The Balaban J connectivity index is 2.27. The van der Waals surface area contributed by atoms with Gasteiger partial charge in [-0.2, -0.15) is 0 Å². The van der Waals surface area contributed by atoms with E-state index in [1.165, 1.54) is 0 Å². The Bertz CT molecular complexity index is 404. The molecule has 0 aromatic heterocycles. The lowest BCUT2D eigenvalue weighted by molar-refractivity contribution is 0.297. The number of hydrogen-bond acceptors (Lipinski definition) is 2. The molecule has 2 rings (SSSR count). The highest BCUT2D eigenvalue weighted by Gasteiger charge is 2.09. The molecule has 0 atom stereocenters. The number of rotatable bonds is 0. The minimum atomic E-state index is 0.682. The van der Waals surface area contributed by atoms with E-state index in [9.17, 15) is 0 Å². The molecule has 1 aliphatic rings. The van der Waals surface area contributed by atoms with Gasteiger partial charge in [0.05, 0.1) is 18.5 Å². The van der Waals surface area contributed by atoms with Crippen molar-refractivity contribution in [2.24, 2.45) is 0 Å². The van der Waals surface area contributed by atoms with Gasteiger partial charge >= 0.3 is 0 Å². The van der Waals surface area contributed by atoms with Crippen LogP contribution in [0.4, 0.5) is 0 Å². The summed E-state index contributed by atoms with van der Waals surface area (Å²) in [6.45, 7) is 1.43. The second-order valence-electron chi connectivity index (χ2n) is 3.15. The summed E-state index contributed by atoms with van der Waals surface area (Å²) < 4.78 is 11.1. The van der Waals surface area contributed by atoms with Crippen molar-refractivity contribution >= 4 is 15.9 Å². The first-order valence-electron chi connectivity index (χ1n) is 4.84. The summed E-state index contributed by atoms with van der Waals surface area (Å²) in [4.78, 5) is 0. The van der Waals surface area contributed by atoms with E-state index in [1.54, 1.807) is 0 Å². The molecule has 1 heterocycles. The van der Waals surface area contributed by atoms with Gasteiger partial charge in [0.2, 0.25) is 0 Å². The highest BCUT2D eigenvalue weighted by molar-refractivity contribution is 9.09. The summed E-state index contributed by atoms with van der Waals surface area (Å²) in [6, 6.07) is 5.79. The van der Waals surface area contributed by atoms with Crippen LogP contribution < -0.4 is 9.47 Å². The first-order chi connectivity index (χ1) is 7.40. The highest BCUT2D eigenvalue weighted by atomic mass is 79.9. The van der Waals surface area contributed by atoms with Gasteiger partial charge in [-0.15, -0.1) is 0 Å². The van der Waals surface area contributed by atoms with Crippen LogP contribution in [0.3, 0.4) is 0 Å². The molecule has 15 heavy (non-hydrogen) atoms. The van der Waals surface area contributed by atoms with Crippen LogP contribution in [0.1, 0.15) is 12.0 Å². The topological polar surface area (TPSA) is 18.5 Å². The van der Waals surface area contributed by atoms with Gasteiger partial charge in [-0.1, -0.05) is 27.8 Å². The van der Waals surface area contributed by atoms with Crippen LogP contribution >= 0.6 is 15.9 Å². The number of halogens is 1. The molecule has 0 radical (unpaired) electrons. The summed E-state index contributed by atoms with van der Waals surface area (Å²) in [6.07, 6.45) is 0.928. The van der Waals surface area contributed by atoms with E-state index in [-0.39, 0.29) is 0 Å². The summed E-state index contributed by atoms with van der Waals surface area (Å²) in [5, 5.41) is 0.682. The van der Waals surface area contributed by atoms with Crippen molar-refractivity contribution in [2.45, 2.75) is 6.42 Å². The van der Waals surface area contributed by atoms with Crippen molar-refractivity contribution < 1.29 is 9.47 Å². The van der Waals surface area contributed by atoms with Crippen LogP contribution in [0.5, 0.6) is 11.5 Å². The average molecular weight is 267 g/mol. The SMILES string of the molecule is BrCC#Cc1ccc2c(c1)OCCCO2. The zero-order valence-electron chi connectivity index (χ0n) is 8.25. The number of alkyl halides is 1. The van der Waals surface area contributed by atoms with Crippen molar-refractivity contribution in [1.29, 1.82) is 0 Å². The summed E-state index contributed by atoms with van der Waals surface area (Å²) in [5.74, 6) is 7.61. The largest absolute Gasteiger partial charge is 0.490 e. The van der Waals surface area contributed by atoms with Gasteiger partial charge in [0.25, 0.3) is 0 Å². The Morgan fingerprint density at radius 1 is 1.20 bits per heavy atom. The molecule has 0 saturated heterocycles. The van der Waals surface area contributed by atoms with Gasteiger partial charge in [-0.05, 0) is 18.2 Å². The lowest BCUT2D eigenvalue weighted by Gasteiger charge is -2.06. The number of benzene rings is 1. The fourth-order valence-electron chi connectivity index (χ4n) is 1.38. The Morgan fingerprint density at radius 2 is 2.00 bits per heavy atom. The maximum atomic E-state index is 5.56. The zero-order chi connectivity index (χ0) is 10.5. The van der Waals surface area contributed by atoms with Gasteiger partial charge in [0, 0.05) is 12.0 Å². The van der Waals surface area contributed by atoms with Crippen molar-refractivity contribution in [3.8, 4) is 23.3 Å². The number of hydrogen-bond donors (Lipinski definition) is 0. The molecular formula is C12H11BrO2. The van der Waals surface area contributed by atoms with E-state index in [0.29, 0.717) is 11.9 Å². The van der Waals surface area contributed by atoms with Gasteiger partial charge in [0.1, 0.15) is 0 Å². The van der Waals surface area contributed by atoms with Crippen molar-refractivity contribution in [1.82, 2.24) is 0 Å². The molecule has 0 fully saturated rings. The molecular weight excluding hydrogens is 256 g/mol. The minimum absolute atomic E-state index is 0.682. The molecule has 78 valence electrons. The Hall–Kier alpha value is -1.14. The Labute approximate surface area is 97.7 Å². The third kappa shape index (κ3) is 2.66. The van der Waals surface area contributed by atoms with Crippen LogP contribution in [0.25, 0.3) is 0 Å². The van der Waals surface area contributed by atoms with E-state index >= 15 is 0 Å². The first kappa shape index (κ1) is 10.4. The van der Waals surface area contributed by atoms with Crippen LogP contribution in [-0.4, -0.2) is 18.5 Å². The maximum absolute atomic E-state index is 5.56. The van der Waals surface area contributed by atoms with E-state index < -0.39 is 0 Å². The second kappa shape index (κ2) is 5.09. The van der Waals surface area contributed by atoms with Gasteiger partial charge in [0.15, 0.2) is 11.5 Å².